The fourth-order valence-corrected chi connectivity index (χ4v) is 2.73. The second kappa shape index (κ2) is 5.77. The summed E-state index contributed by atoms with van der Waals surface area (Å²) >= 11 is 0. The summed E-state index contributed by atoms with van der Waals surface area (Å²) in [4.78, 5) is 4.46. The monoisotopic (exact) mass is 272 g/mol. The number of hydrogen-bond donors (Lipinski definition) is 2. The molecule has 0 unspecified atom stereocenters. The van der Waals surface area contributed by atoms with Crippen LogP contribution in [0.3, 0.4) is 0 Å². The fraction of sp³-hybridized carbons (Fsp3) is 0.438. The molecule has 106 valence electrons. The van der Waals surface area contributed by atoms with Crippen molar-refractivity contribution in [2.75, 3.05) is 6.54 Å². The van der Waals surface area contributed by atoms with Crippen molar-refractivity contribution in [3.8, 4) is 11.5 Å². The lowest BCUT2D eigenvalue weighted by Crippen LogP contribution is -2.37. The van der Waals surface area contributed by atoms with Crippen molar-refractivity contribution in [2.45, 2.75) is 37.8 Å². The lowest BCUT2D eigenvalue weighted by atomic mass is 10.0. The van der Waals surface area contributed by atoms with Crippen LogP contribution in [0, 0.1) is 0 Å². The Kier molecular flexibility index (Phi) is 3.85. The molecule has 1 saturated carbocycles. The van der Waals surface area contributed by atoms with Crippen molar-refractivity contribution in [3.05, 3.63) is 42.3 Å². The predicted octanol–water partition coefficient (Wildman–Crippen LogP) is 2.74. The van der Waals surface area contributed by atoms with Crippen LogP contribution in [0.5, 0.6) is 0 Å². The smallest absolute Gasteiger partial charge is 0.226 e. The number of benzene rings is 1. The molecule has 0 aliphatic heterocycles. The van der Waals surface area contributed by atoms with Crippen LogP contribution < -0.4 is 5.32 Å². The van der Waals surface area contributed by atoms with Gasteiger partial charge in [0.15, 0.2) is 0 Å². The third-order valence-electron chi connectivity index (χ3n) is 3.87. The Morgan fingerprint density at radius 1 is 1.20 bits per heavy atom. The normalized spacial score (nSPS) is 17.4. The molecule has 0 radical (unpaired) electrons. The molecule has 1 heterocycles. The van der Waals surface area contributed by atoms with Gasteiger partial charge in [-0.1, -0.05) is 31.0 Å². The molecule has 2 N–H and O–H groups in total. The van der Waals surface area contributed by atoms with E-state index < -0.39 is 5.60 Å². The van der Waals surface area contributed by atoms with E-state index in [2.05, 4.69) is 10.3 Å². The van der Waals surface area contributed by atoms with E-state index in [1.165, 1.54) is 0 Å². The zero-order valence-electron chi connectivity index (χ0n) is 11.5. The molecule has 2 aromatic rings. The summed E-state index contributed by atoms with van der Waals surface area (Å²) in [7, 11) is 0. The van der Waals surface area contributed by atoms with Crippen LogP contribution in [0.15, 0.2) is 41.0 Å². The van der Waals surface area contributed by atoms with Crippen LogP contribution in [0.25, 0.3) is 11.5 Å². The number of oxazole rings is 1. The largest absolute Gasteiger partial charge is 0.444 e. The number of nitrogens with zero attached hydrogens (tertiary/aromatic N) is 1. The van der Waals surface area contributed by atoms with E-state index in [0.717, 1.165) is 36.9 Å². The second-order valence-corrected chi connectivity index (χ2v) is 5.55. The third kappa shape index (κ3) is 3.08. The maximum Gasteiger partial charge on any atom is 0.226 e. The summed E-state index contributed by atoms with van der Waals surface area (Å²) in [5.41, 5.74) is 1.32. The average Bonchev–Trinajstić information content (AvgIpc) is 3.10. The summed E-state index contributed by atoms with van der Waals surface area (Å²) in [6, 6.07) is 9.85. The maximum absolute atomic E-state index is 10.2. The van der Waals surface area contributed by atoms with Crippen LogP contribution in [0.2, 0.25) is 0 Å². The maximum atomic E-state index is 10.2. The van der Waals surface area contributed by atoms with Gasteiger partial charge in [-0.2, -0.15) is 0 Å². The highest BCUT2D eigenvalue weighted by atomic mass is 16.3. The molecule has 1 aliphatic rings. The van der Waals surface area contributed by atoms with E-state index >= 15 is 0 Å². The van der Waals surface area contributed by atoms with Crippen LogP contribution in [0.4, 0.5) is 0 Å². The zero-order chi connectivity index (χ0) is 13.8. The van der Waals surface area contributed by atoms with Crippen LogP contribution in [-0.4, -0.2) is 22.2 Å². The minimum absolute atomic E-state index is 0.522. The van der Waals surface area contributed by atoms with Crippen LogP contribution in [-0.2, 0) is 6.54 Å². The molecule has 1 fully saturated rings. The highest BCUT2D eigenvalue weighted by Crippen LogP contribution is 2.28. The Labute approximate surface area is 118 Å². The molecule has 1 aromatic carbocycles. The van der Waals surface area contributed by atoms with Gasteiger partial charge in [0.25, 0.3) is 0 Å². The molecule has 0 saturated heterocycles. The van der Waals surface area contributed by atoms with Gasteiger partial charge >= 0.3 is 0 Å². The summed E-state index contributed by atoms with van der Waals surface area (Å²) in [6.07, 6.45) is 5.72. The first-order valence-corrected chi connectivity index (χ1v) is 7.18. The molecule has 3 rings (SSSR count). The topological polar surface area (TPSA) is 58.3 Å². The van der Waals surface area contributed by atoms with Gasteiger partial charge < -0.3 is 14.8 Å². The van der Waals surface area contributed by atoms with Crippen LogP contribution in [0.1, 0.15) is 31.4 Å². The SMILES string of the molecule is OC1(CNCc2coc(-c3ccccc3)n2)CCCC1. The second-order valence-electron chi connectivity index (χ2n) is 5.55. The first-order valence-electron chi connectivity index (χ1n) is 7.18. The van der Waals surface area contributed by atoms with E-state index in [1.54, 1.807) is 6.26 Å². The number of aromatic nitrogens is 1. The van der Waals surface area contributed by atoms with E-state index in [9.17, 15) is 5.11 Å². The Bertz CT molecular complexity index is 545. The summed E-state index contributed by atoms with van der Waals surface area (Å²) in [5.74, 6) is 0.641. The van der Waals surface area contributed by atoms with Gasteiger partial charge in [-0.05, 0) is 25.0 Å². The predicted molar refractivity (Wildman–Crippen MR) is 77.1 cm³/mol. The third-order valence-corrected chi connectivity index (χ3v) is 3.87. The van der Waals surface area contributed by atoms with Gasteiger partial charge in [0.2, 0.25) is 5.89 Å². The summed E-state index contributed by atoms with van der Waals surface area (Å²) in [6.45, 7) is 1.25. The molecule has 0 atom stereocenters. The quantitative estimate of drug-likeness (QED) is 0.878. The Hall–Kier alpha value is -1.65. The molecule has 0 bridgehead atoms. The molecule has 4 heteroatoms. The van der Waals surface area contributed by atoms with E-state index in [-0.39, 0.29) is 0 Å². The van der Waals surface area contributed by atoms with E-state index in [0.29, 0.717) is 19.0 Å². The summed E-state index contributed by atoms with van der Waals surface area (Å²) < 4.78 is 5.48. The zero-order valence-corrected chi connectivity index (χ0v) is 11.5. The molecule has 4 nitrogen and oxygen atoms in total. The molecule has 1 aliphatic carbocycles. The van der Waals surface area contributed by atoms with Crippen molar-refractivity contribution in [1.82, 2.24) is 10.3 Å². The Morgan fingerprint density at radius 3 is 2.70 bits per heavy atom. The number of hydrogen-bond acceptors (Lipinski definition) is 4. The van der Waals surface area contributed by atoms with Gasteiger partial charge in [0, 0.05) is 18.7 Å². The average molecular weight is 272 g/mol. The van der Waals surface area contributed by atoms with E-state index in [4.69, 9.17) is 4.42 Å². The standard InChI is InChI=1S/C16H20N2O2/c19-16(8-4-5-9-16)12-17-10-14-11-20-15(18-14)13-6-2-1-3-7-13/h1-3,6-7,11,17,19H,4-5,8-10,12H2. The first-order chi connectivity index (χ1) is 9.75. The highest BCUT2D eigenvalue weighted by Gasteiger charge is 2.30. The molecule has 1 aromatic heterocycles. The highest BCUT2D eigenvalue weighted by molar-refractivity contribution is 5.52. The Morgan fingerprint density at radius 2 is 1.95 bits per heavy atom. The lowest BCUT2D eigenvalue weighted by Gasteiger charge is -2.21. The molecule has 0 amide bonds. The van der Waals surface area contributed by atoms with Gasteiger partial charge in [-0.15, -0.1) is 0 Å². The fourth-order valence-electron chi connectivity index (χ4n) is 2.73. The van der Waals surface area contributed by atoms with Gasteiger partial charge in [0.05, 0.1) is 11.3 Å². The van der Waals surface area contributed by atoms with E-state index in [1.807, 2.05) is 30.3 Å². The minimum Gasteiger partial charge on any atom is -0.444 e. The first kappa shape index (κ1) is 13.3. The van der Waals surface area contributed by atoms with Crippen molar-refractivity contribution < 1.29 is 9.52 Å². The van der Waals surface area contributed by atoms with Gasteiger partial charge in [-0.3, -0.25) is 0 Å². The molecular weight excluding hydrogens is 252 g/mol. The number of aliphatic hydroxyl groups is 1. The van der Waals surface area contributed by atoms with Crippen LogP contribution >= 0.6 is 0 Å². The lowest BCUT2D eigenvalue weighted by molar-refractivity contribution is 0.0474. The molecule has 0 spiro atoms. The van der Waals surface area contributed by atoms with Gasteiger partial charge in [0.1, 0.15) is 6.26 Å². The van der Waals surface area contributed by atoms with Crippen molar-refractivity contribution in [2.24, 2.45) is 0 Å². The minimum atomic E-state index is -0.522. The molecular formula is C16H20N2O2. The summed E-state index contributed by atoms with van der Waals surface area (Å²) in [5, 5.41) is 13.5. The van der Waals surface area contributed by atoms with Crippen molar-refractivity contribution >= 4 is 0 Å². The number of nitrogens with one attached hydrogen (secondary N) is 1. The van der Waals surface area contributed by atoms with Crippen molar-refractivity contribution in [3.63, 3.8) is 0 Å². The molecule has 20 heavy (non-hydrogen) atoms. The van der Waals surface area contributed by atoms with Gasteiger partial charge in [-0.25, -0.2) is 4.98 Å². The Balaban J connectivity index is 1.55. The van der Waals surface area contributed by atoms with Crippen molar-refractivity contribution in [1.29, 1.82) is 0 Å². The number of rotatable bonds is 5.